The molecule has 0 radical (unpaired) electrons. The fraction of sp³-hybridized carbons (Fsp3) is 0.0667. The van der Waals surface area contributed by atoms with Crippen LogP contribution < -0.4 is 4.72 Å². The quantitative estimate of drug-likeness (QED) is 0.747. The summed E-state index contributed by atoms with van der Waals surface area (Å²) in [5, 5.41) is 0. The molecule has 1 nitrogen and oxygen atoms in total. The first kappa shape index (κ1) is 10.5. The molecule has 0 fully saturated rings. The average Bonchev–Trinajstić information content (AvgIpc) is 2.73. The van der Waals surface area contributed by atoms with Crippen molar-refractivity contribution < 1.29 is 0 Å². The molecule has 3 rings (SSSR count). The normalized spacial score (nSPS) is 13.4. The second-order valence-electron chi connectivity index (χ2n) is 4.23. The van der Waals surface area contributed by atoms with E-state index in [9.17, 15) is 0 Å². The first-order valence-electron chi connectivity index (χ1n) is 5.58. The van der Waals surface area contributed by atoms with Crippen molar-refractivity contribution in [2.45, 2.75) is 11.8 Å². The van der Waals surface area contributed by atoms with Crippen LogP contribution in [0.1, 0.15) is 11.1 Å². The molecule has 1 N–H and O–H groups in total. The molecule has 1 aliphatic heterocycles. The standard InChI is InChI=1S/C15H13NS/c1-10-6-8-12(9-7-10)14-5-3-4-13-11(2)16-17-15(13)14/h3-9,16H,2H2,1H3. The second-order valence-corrected chi connectivity index (χ2v) is 5.05. The highest BCUT2D eigenvalue weighted by Crippen LogP contribution is 2.40. The van der Waals surface area contributed by atoms with Crippen LogP contribution in [0.5, 0.6) is 0 Å². The minimum absolute atomic E-state index is 0.999. The van der Waals surface area contributed by atoms with Gasteiger partial charge in [0.2, 0.25) is 0 Å². The summed E-state index contributed by atoms with van der Waals surface area (Å²) in [6, 6.07) is 15.0. The fourth-order valence-corrected chi connectivity index (χ4v) is 2.94. The third-order valence-corrected chi connectivity index (χ3v) is 3.97. The van der Waals surface area contributed by atoms with Crippen LogP contribution in [0.15, 0.2) is 53.9 Å². The van der Waals surface area contributed by atoms with Gasteiger partial charge in [-0.1, -0.05) is 54.6 Å². The lowest BCUT2D eigenvalue weighted by atomic mass is 10.0. The van der Waals surface area contributed by atoms with E-state index in [2.05, 4.69) is 60.7 Å². The van der Waals surface area contributed by atoms with Crippen molar-refractivity contribution in [3.8, 4) is 11.1 Å². The number of fused-ring (bicyclic) bond motifs is 1. The molecule has 0 saturated heterocycles. The molecule has 0 bridgehead atoms. The zero-order valence-corrected chi connectivity index (χ0v) is 10.5. The molecule has 2 aromatic carbocycles. The highest BCUT2D eigenvalue weighted by molar-refractivity contribution is 7.98. The first-order valence-corrected chi connectivity index (χ1v) is 6.39. The van der Waals surface area contributed by atoms with Crippen molar-refractivity contribution in [2.24, 2.45) is 0 Å². The molecule has 0 unspecified atom stereocenters. The number of rotatable bonds is 1. The SMILES string of the molecule is C=C1NSc2c1cccc2-c1ccc(C)cc1. The molecular formula is C15H13NS. The highest BCUT2D eigenvalue weighted by atomic mass is 32.2. The predicted octanol–water partition coefficient (Wildman–Crippen LogP) is 4.24. The van der Waals surface area contributed by atoms with E-state index in [1.807, 2.05) is 0 Å². The molecule has 84 valence electrons. The number of nitrogens with one attached hydrogen (secondary N) is 1. The maximum absolute atomic E-state index is 4.01. The van der Waals surface area contributed by atoms with Crippen LogP contribution in [-0.4, -0.2) is 0 Å². The van der Waals surface area contributed by atoms with E-state index >= 15 is 0 Å². The van der Waals surface area contributed by atoms with Crippen LogP contribution >= 0.6 is 11.9 Å². The molecule has 0 amide bonds. The molecule has 0 saturated carbocycles. The van der Waals surface area contributed by atoms with Gasteiger partial charge < -0.3 is 4.72 Å². The van der Waals surface area contributed by atoms with Gasteiger partial charge in [0, 0.05) is 16.2 Å². The third-order valence-electron chi connectivity index (χ3n) is 2.98. The number of aryl methyl sites for hydroxylation is 1. The minimum atomic E-state index is 0.999. The summed E-state index contributed by atoms with van der Waals surface area (Å²) < 4.78 is 3.23. The van der Waals surface area contributed by atoms with Crippen molar-refractivity contribution in [3.05, 3.63) is 60.2 Å². The van der Waals surface area contributed by atoms with Crippen LogP contribution in [0.25, 0.3) is 16.8 Å². The van der Waals surface area contributed by atoms with Crippen molar-refractivity contribution in [1.29, 1.82) is 0 Å². The molecular weight excluding hydrogens is 226 g/mol. The smallest absolute Gasteiger partial charge is 0.0456 e. The fourth-order valence-electron chi connectivity index (χ4n) is 2.01. The highest BCUT2D eigenvalue weighted by Gasteiger charge is 2.18. The number of hydrogen-bond donors (Lipinski definition) is 1. The summed E-state index contributed by atoms with van der Waals surface area (Å²) in [5.74, 6) is 0. The van der Waals surface area contributed by atoms with Gasteiger partial charge in [-0.3, -0.25) is 0 Å². The molecule has 0 aromatic heterocycles. The lowest BCUT2D eigenvalue weighted by Crippen LogP contribution is -1.88. The third kappa shape index (κ3) is 1.75. The van der Waals surface area contributed by atoms with Gasteiger partial charge in [-0.25, -0.2) is 0 Å². The second kappa shape index (κ2) is 3.97. The maximum Gasteiger partial charge on any atom is 0.0456 e. The Morgan fingerprint density at radius 2 is 1.71 bits per heavy atom. The molecule has 1 aliphatic rings. The van der Waals surface area contributed by atoms with Gasteiger partial charge in [0.15, 0.2) is 0 Å². The summed E-state index contributed by atoms with van der Waals surface area (Å²) in [6.07, 6.45) is 0. The van der Waals surface area contributed by atoms with Crippen LogP contribution in [0.4, 0.5) is 0 Å². The van der Waals surface area contributed by atoms with E-state index in [0.29, 0.717) is 0 Å². The largest absolute Gasteiger partial charge is 0.326 e. The topological polar surface area (TPSA) is 12.0 Å². The van der Waals surface area contributed by atoms with E-state index in [-0.39, 0.29) is 0 Å². The van der Waals surface area contributed by atoms with Crippen molar-refractivity contribution >= 4 is 17.6 Å². The van der Waals surface area contributed by atoms with Gasteiger partial charge in [-0.15, -0.1) is 0 Å². The summed E-state index contributed by atoms with van der Waals surface area (Å²) in [5.41, 5.74) is 6.04. The summed E-state index contributed by atoms with van der Waals surface area (Å²) >= 11 is 1.65. The van der Waals surface area contributed by atoms with Crippen LogP contribution in [0.3, 0.4) is 0 Å². The average molecular weight is 239 g/mol. The van der Waals surface area contributed by atoms with Crippen LogP contribution in [0.2, 0.25) is 0 Å². The van der Waals surface area contributed by atoms with Crippen molar-refractivity contribution in [1.82, 2.24) is 4.72 Å². The zero-order chi connectivity index (χ0) is 11.8. The summed E-state index contributed by atoms with van der Waals surface area (Å²) in [7, 11) is 0. The van der Waals surface area contributed by atoms with E-state index in [0.717, 1.165) is 5.70 Å². The summed E-state index contributed by atoms with van der Waals surface area (Å²) in [6.45, 7) is 6.12. The molecule has 0 atom stereocenters. The maximum atomic E-state index is 4.01. The van der Waals surface area contributed by atoms with Crippen LogP contribution in [0, 0.1) is 6.92 Å². The lowest BCUT2D eigenvalue weighted by Gasteiger charge is -2.06. The Hall–Kier alpha value is -1.67. The van der Waals surface area contributed by atoms with Gasteiger partial charge in [0.1, 0.15) is 0 Å². The van der Waals surface area contributed by atoms with Gasteiger partial charge in [-0.05, 0) is 30.0 Å². The van der Waals surface area contributed by atoms with E-state index in [1.54, 1.807) is 11.9 Å². The molecule has 0 aliphatic carbocycles. The van der Waals surface area contributed by atoms with Gasteiger partial charge >= 0.3 is 0 Å². The van der Waals surface area contributed by atoms with Crippen LogP contribution in [-0.2, 0) is 0 Å². The van der Waals surface area contributed by atoms with Crippen molar-refractivity contribution in [3.63, 3.8) is 0 Å². The summed E-state index contributed by atoms with van der Waals surface area (Å²) in [4.78, 5) is 1.28. The Bertz CT molecular complexity index is 584. The molecule has 2 aromatic rings. The monoisotopic (exact) mass is 239 g/mol. The van der Waals surface area contributed by atoms with Gasteiger partial charge in [0.05, 0.1) is 0 Å². The molecule has 1 heterocycles. The number of hydrogen-bond acceptors (Lipinski definition) is 2. The molecule has 17 heavy (non-hydrogen) atoms. The zero-order valence-electron chi connectivity index (χ0n) is 9.66. The Morgan fingerprint density at radius 3 is 2.47 bits per heavy atom. The predicted molar refractivity (Wildman–Crippen MR) is 74.6 cm³/mol. The van der Waals surface area contributed by atoms with E-state index in [1.165, 1.54) is 27.1 Å². The molecule has 0 spiro atoms. The van der Waals surface area contributed by atoms with E-state index in [4.69, 9.17) is 0 Å². The van der Waals surface area contributed by atoms with Gasteiger partial charge in [0.25, 0.3) is 0 Å². The van der Waals surface area contributed by atoms with Crippen molar-refractivity contribution in [2.75, 3.05) is 0 Å². The number of benzene rings is 2. The van der Waals surface area contributed by atoms with E-state index < -0.39 is 0 Å². The Labute approximate surface area is 106 Å². The Balaban J connectivity index is 2.16. The first-order chi connectivity index (χ1) is 8.25. The lowest BCUT2D eigenvalue weighted by molar-refractivity contribution is 1.39. The Morgan fingerprint density at radius 1 is 1.00 bits per heavy atom. The Kier molecular flexibility index (Phi) is 2.45. The minimum Gasteiger partial charge on any atom is -0.326 e. The molecule has 2 heteroatoms. The van der Waals surface area contributed by atoms with Gasteiger partial charge in [-0.2, -0.15) is 0 Å².